The van der Waals surface area contributed by atoms with E-state index >= 15 is 0 Å². The second-order valence-electron chi connectivity index (χ2n) is 10.7. The average Bonchev–Trinajstić information content (AvgIpc) is 2.34. The Hall–Kier alpha value is -0.590. The van der Waals surface area contributed by atoms with Gasteiger partial charge in [-0.05, 0) is 34.5 Å². The maximum absolute atomic E-state index is 10.6. The second kappa shape index (κ2) is 8.19. The number of ether oxygens (including phenoxy) is 1. The molecule has 0 aliphatic carbocycles. The number of aliphatic hydroxyl groups excluding tert-OH is 1. The van der Waals surface area contributed by atoms with Crippen molar-refractivity contribution >= 4 is 0 Å². The van der Waals surface area contributed by atoms with Gasteiger partial charge in [0.05, 0.1) is 31.3 Å². The molecule has 24 heavy (non-hydrogen) atoms. The molecule has 0 aliphatic heterocycles. The highest BCUT2D eigenvalue weighted by Gasteiger charge is 2.46. The van der Waals surface area contributed by atoms with Gasteiger partial charge in [-0.1, -0.05) is 69.2 Å². The molecule has 2 unspecified atom stereocenters. The molecule has 0 fully saturated rings. The van der Waals surface area contributed by atoms with Crippen molar-refractivity contribution in [3.63, 3.8) is 0 Å². The number of nitrogens with zero attached hydrogens (tertiary/aromatic N) is 1. The zero-order chi connectivity index (χ0) is 19.4. The van der Waals surface area contributed by atoms with Gasteiger partial charge in [0.25, 0.3) is 0 Å². The Morgan fingerprint density at radius 2 is 1.42 bits per heavy atom. The van der Waals surface area contributed by atoms with E-state index in [-0.39, 0.29) is 33.9 Å². The topological polar surface area (TPSA) is 53.2 Å². The Bertz CT molecular complexity index is 419. The summed E-state index contributed by atoms with van der Waals surface area (Å²) in [5, 5.41) is 19.4. The second-order valence-corrected chi connectivity index (χ2v) is 10.7. The Morgan fingerprint density at radius 1 is 0.917 bits per heavy atom. The van der Waals surface area contributed by atoms with Crippen LogP contribution in [0.4, 0.5) is 0 Å². The van der Waals surface area contributed by atoms with E-state index < -0.39 is 0 Å². The maximum atomic E-state index is 10.6. The summed E-state index contributed by atoms with van der Waals surface area (Å²) in [6, 6.07) is 2.16. The molecular formula is C21H41NO2. The van der Waals surface area contributed by atoms with Gasteiger partial charge < -0.3 is 9.84 Å². The fourth-order valence-electron chi connectivity index (χ4n) is 2.81. The lowest BCUT2D eigenvalue weighted by molar-refractivity contribution is -0.114. The summed E-state index contributed by atoms with van der Waals surface area (Å²) in [7, 11) is 0. The number of hydrogen-bond donors (Lipinski definition) is 1. The highest BCUT2D eigenvalue weighted by molar-refractivity contribution is 4.96. The minimum absolute atomic E-state index is 0.0491. The van der Waals surface area contributed by atoms with Crippen molar-refractivity contribution in [2.24, 2.45) is 21.7 Å². The zero-order valence-electron chi connectivity index (χ0n) is 17.8. The van der Waals surface area contributed by atoms with E-state index in [1.165, 1.54) is 0 Å². The van der Waals surface area contributed by atoms with Crippen molar-refractivity contribution in [2.75, 3.05) is 6.61 Å². The Kier molecular flexibility index (Phi) is 7.99. The first-order valence-corrected chi connectivity index (χ1v) is 9.21. The van der Waals surface area contributed by atoms with Crippen LogP contribution in [0.5, 0.6) is 0 Å². The lowest BCUT2D eigenvalue weighted by Crippen LogP contribution is -2.48. The molecule has 3 heteroatoms. The van der Waals surface area contributed by atoms with Crippen molar-refractivity contribution in [1.82, 2.24) is 0 Å². The van der Waals surface area contributed by atoms with Gasteiger partial charge in [0.1, 0.15) is 0 Å². The molecule has 0 aromatic heterocycles. The maximum Gasteiger partial charge on any atom is 0.0645 e. The van der Waals surface area contributed by atoms with E-state index in [1.54, 1.807) is 0 Å². The molecule has 0 heterocycles. The lowest BCUT2D eigenvalue weighted by atomic mass is 9.59. The van der Waals surface area contributed by atoms with Crippen molar-refractivity contribution < 1.29 is 9.84 Å². The molecule has 0 spiro atoms. The largest absolute Gasteiger partial charge is 0.393 e. The van der Waals surface area contributed by atoms with Crippen molar-refractivity contribution in [1.29, 1.82) is 5.26 Å². The van der Waals surface area contributed by atoms with Crippen LogP contribution in [0.15, 0.2) is 0 Å². The first kappa shape index (κ1) is 23.4. The van der Waals surface area contributed by atoms with Crippen LogP contribution in [0.1, 0.15) is 88.5 Å². The third-order valence-electron chi connectivity index (χ3n) is 5.58. The molecular weight excluding hydrogens is 298 g/mol. The minimum Gasteiger partial charge on any atom is -0.393 e. The number of rotatable bonds is 8. The standard InChI is InChI=1S/C21H41NO2/c1-18(2,3)15-17(24-13-11-12-22)21(9,10)20(7,8)14-16(23)19(4,5)6/h16-17,23H,11,13-15H2,1-10H3. The molecule has 142 valence electrons. The Balaban J connectivity index is 5.41. The summed E-state index contributed by atoms with van der Waals surface area (Å²) in [4.78, 5) is 0. The first-order chi connectivity index (χ1) is 10.5. The fourth-order valence-corrected chi connectivity index (χ4v) is 2.81. The monoisotopic (exact) mass is 339 g/mol. The zero-order valence-corrected chi connectivity index (χ0v) is 17.8. The third-order valence-corrected chi connectivity index (χ3v) is 5.58. The normalized spacial score (nSPS) is 16.6. The molecule has 0 saturated carbocycles. The van der Waals surface area contributed by atoms with Crippen LogP contribution in [0.3, 0.4) is 0 Å². The van der Waals surface area contributed by atoms with Gasteiger partial charge in [0, 0.05) is 0 Å². The van der Waals surface area contributed by atoms with Crippen LogP contribution in [-0.4, -0.2) is 23.9 Å². The highest BCUT2D eigenvalue weighted by Crippen LogP contribution is 2.49. The molecule has 0 aliphatic rings. The van der Waals surface area contributed by atoms with Crippen LogP contribution in [0, 0.1) is 33.0 Å². The number of nitriles is 1. The van der Waals surface area contributed by atoms with Gasteiger partial charge in [-0.25, -0.2) is 0 Å². The summed E-state index contributed by atoms with van der Waals surface area (Å²) in [5.41, 5.74) is -0.202. The van der Waals surface area contributed by atoms with E-state index in [4.69, 9.17) is 10.00 Å². The summed E-state index contributed by atoms with van der Waals surface area (Å²) < 4.78 is 6.17. The van der Waals surface area contributed by atoms with Gasteiger partial charge in [-0.15, -0.1) is 0 Å². The van der Waals surface area contributed by atoms with Gasteiger partial charge in [-0.3, -0.25) is 0 Å². The Morgan fingerprint density at radius 3 is 1.79 bits per heavy atom. The molecule has 0 bridgehead atoms. The van der Waals surface area contributed by atoms with Gasteiger partial charge in [0.15, 0.2) is 0 Å². The predicted octanol–water partition coefficient (Wildman–Crippen LogP) is 5.57. The van der Waals surface area contributed by atoms with Gasteiger partial charge in [-0.2, -0.15) is 5.26 Å². The molecule has 3 nitrogen and oxygen atoms in total. The number of aliphatic hydroxyl groups is 1. The summed E-state index contributed by atoms with van der Waals surface area (Å²) in [6.45, 7) is 22.3. The third kappa shape index (κ3) is 7.11. The first-order valence-electron chi connectivity index (χ1n) is 9.21. The van der Waals surface area contributed by atoms with E-state index in [2.05, 4.69) is 75.3 Å². The van der Waals surface area contributed by atoms with E-state index in [9.17, 15) is 5.11 Å². The summed E-state index contributed by atoms with van der Waals surface area (Å²) in [5.74, 6) is 0. The van der Waals surface area contributed by atoms with Crippen LogP contribution < -0.4 is 0 Å². The molecule has 0 rings (SSSR count). The predicted molar refractivity (Wildman–Crippen MR) is 102 cm³/mol. The minimum atomic E-state index is -0.360. The molecule has 0 aromatic carbocycles. The van der Waals surface area contributed by atoms with Gasteiger partial charge in [0.2, 0.25) is 0 Å². The van der Waals surface area contributed by atoms with Crippen LogP contribution in [-0.2, 0) is 4.74 Å². The van der Waals surface area contributed by atoms with Crippen LogP contribution in [0.25, 0.3) is 0 Å². The molecule has 0 amide bonds. The van der Waals surface area contributed by atoms with E-state index in [0.29, 0.717) is 13.0 Å². The SMILES string of the molecule is CC(C)(C)CC(OCCC#N)C(C)(C)C(C)(C)CC(O)C(C)(C)C. The van der Waals surface area contributed by atoms with Crippen LogP contribution in [0.2, 0.25) is 0 Å². The summed E-state index contributed by atoms with van der Waals surface area (Å²) in [6.07, 6.45) is 1.77. The molecule has 0 radical (unpaired) electrons. The Labute approximate surface area is 150 Å². The molecule has 2 atom stereocenters. The van der Waals surface area contributed by atoms with E-state index in [1.807, 2.05) is 0 Å². The van der Waals surface area contributed by atoms with Crippen molar-refractivity contribution in [3.05, 3.63) is 0 Å². The lowest BCUT2D eigenvalue weighted by Gasteiger charge is -2.50. The van der Waals surface area contributed by atoms with Crippen LogP contribution >= 0.6 is 0 Å². The highest BCUT2D eigenvalue weighted by atomic mass is 16.5. The number of hydrogen-bond acceptors (Lipinski definition) is 3. The van der Waals surface area contributed by atoms with Gasteiger partial charge >= 0.3 is 0 Å². The summed E-state index contributed by atoms with van der Waals surface area (Å²) >= 11 is 0. The molecule has 0 saturated heterocycles. The quantitative estimate of drug-likeness (QED) is 0.588. The van der Waals surface area contributed by atoms with Crippen molar-refractivity contribution in [2.45, 2.75) is 101 Å². The smallest absolute Gasteiger partial charge is 0.0645 e. The average molecular weight is 340 g/mol. The van der Waals surface area contributed by atoms with E-state index in [0.717, 1.165) is 12.8 Å². The molecule has 1 N–H and O–H groups in total. The fraction of sp³-hybridized carbons (Fsp3) is 0.952. The van der Waals surface area contributed by atoms with Crippen molar-refractivity contribution in [3.8, 4) is 6.07 Å². The molecule has 0 aromatic rings.